The molecule has 6 rings (SSSR count). The van der Waals surface area contributed by atoms with E-state index in [4.69, 9.17) is 15.5 Å². The predicted molar refractivity (Wildman–Crippen MR) is 127 cm³/mol. The van der Waals surface area contributed by atoms with Gasteiger partial charge in [0.15, 0.2) is 11.6 Å². The van der Waals surface area contributed by atoms with E-state index in [0.29, 0.717) is 11.9 Å². The number of nitrogens with two attached hydrogens (primary N) is 1. The van der Waals surface area contributed by atoms with Gasteiger partial charge in [-0.15, -0.1) is 0 Å². The summed E-state index contributed by atoms with van der Waals surface area (Å²) in [5, 5.41) is 5.46. The Morgan fingerprint density at radius 1 is 1.19 bits per heavy atom. The van der Waals surface area contributed by atoms with Crippen LogP contribution in [0.4, 0.5) is 11.6 Å². The summed E-state index contributed by atoms with van der Waals surface area (Å²) < 4.78 is 8.22. The van der Waals surface area contributed by atoms with Gasteiger partial charge in [0, 0.05) is 17.6 Å². The molecule has 1 aliphatic heterocycles. The molecule has 7 nitrogen and oxygen atoms in total. The zero-order valence-electron chi connectivity index (χ0n) is 18.3. The minimum Gasteiger partial charge on any atom is -0.485 e. The van der Waals surface area contributed by atoms with Gasteiger partial charge in [0.1, 0.15) is 23.9 Å². The van der Waals surface area contributed by atoms with Gasteiger partial charge in [-0.25, -0.2) is 15.0 Å². The van der Waals surface area contributed by atoms with Crippen molar-refractivity contribution in [2.45, 2.75) is 51.2 Å². The number of benzene rings is 1. The van der Waals surface area contributed by atoms with Gasteiger partial charge in [-0.2, -0.15) is 0 Å². The summed E-state index contributed by atoms with van der Waals surface area (Å²) in [5.41, 5.74) is 9.35. The van der Waals surface area contributed by atoms with Gasteiger partial charge in [-0.1, -0.05) is 12.1 Å². The number of rotatable bonds is 4. The van der Waals surface area contributed by atoms with Crippen molar-refractivity contribution in [3.8, 4) is 5.75 Å². The number of aryl methyl sites for hydroxylation is 1. The smallest absolute Gasteiger partial charge is 0.169 e. The summed E-state index contributed by atoms with van der Waals surface area (Å²) in [6.45, 7) is 2.86. The zero-order valence-corrected chi connectivity index (χ0v) is 18.3. The topological polar surface area (TPSA) is 90.9 Å². The standard InChI is InChI=1S/C25H28N6O/c1-15-13-27-24-22(32-15)12-18-6-4-17(11-21(18)30-24)3-2-16-5-7-19(10-16)31-9-8-20-23(26)28-14-29-25(20)31/h4,6,8-9,11-12,14-16,19H,2-3,5,7,10,13H2,1H3,(H,27,30)(H2,26,28,29)/t15-,16?,19?/m0/s1. The summed E-state index contributed by atoms with van der Waals surface area (Å²) >= 11 is 0. The van der Waals surface area contributed by atoms with Crippen LogP contribution in [0.1, 0.15) is 44.2 Å². The fraction of sp³-hybridized carbons (Fsp3) is 0.400. The Labute approximate surface area is 187 Å². The lowest BCUT2D eigenvalue weighted by Crippen LogP contribution is -2.28. The molecule has 1 aromatic carbocycles. The van der Waals surface area contributed by atoms with Gasteiger partial charge < -0.3 is 20.4 Å². The van der Waals surface area contributed by atoms with Crippen LogP contribution in [0, 0.1) is 5.92 Å². The predicted octanol–water partition coefficient (Wildman–Crippen LogP) is 4.73. The van der Waals surface area contributed by atoms with Crippen molar-refractivity contribution in [2.24, 2.45) is 5.92 Å². The minimum absolute atomic E-state index is 0.172. The van der Waals surface area contributed by atoms with Gasteiger partial charge in [-0.05, 0) is 68.7 Å². The number of fused-ring (bicyclic) bond motifs is 3. The highest BCUT2D eigenvalue weighted by atomic mass is 16.5. The Bertz CT molecular complexity index is 1300. The van der Waals surface area contributed by atoms with Crippen LogP contribution in [0.5, 0.6) is 5.75 Å². The molecule has 0 amide bonds. The number of pyridine rings is 1. The third-order valence-electron chi connectivity index (χ3n) is 7.02. The van der Waals surface area contributed by atoms with Gasteiger partial charge in [0.25, 0.3) is 0 Å². The van der Waals surface area contributed by atoms with Crippen molar-refractivity contribution in [3.63, 3.8) is 0 Å². The van der Waals surface area contributed by atoms with Crippen LogP contribution < -0.4 is 15.8 Å². The number of ether oxygens (including phenoxy) is 1. The number of nitrogen functional groups attached to an aromatic ring is 1. The molecule has 3 N–H and O–H groups in total. The van der Waals surface area contributed by atoms with E-state index in [1.54, 1.807) is 6.33 Å². The van der Waals surface area contributed by atoms with Crippen LogP contribution >= 0.6 is 0 Å². The lowest BCUT2D eigenvalue weighted by atomic mass is 9.97. The molecule has 0 radical (unpaired) electrons. The average Bonchev–Trinajstić information content (AvgIpc) is 3.44. The van der Waals surface area contributed by atoms with Crippen molar-refractivity contribution in [3.05, 3.63) is 48.4 Å². The molecular weight excluding hydrogens is 400 g/mol. The van der Waals surface area contributed by atoms with E-state index in [1.807, 2.05) is 6.07 Å². The first-order chi connectivity index (χ1) is 15.6. The summed E-state index contributed by atoms with van der Waals surface area (Å²) in [7, 11) is 0. The monoisotopic (exact) mass is 428 g/mol. The average molecular weight is 429 g/mol. The molecule has 3 aromatic heterocycles. The number of hydrogen-bond donors (Lipinski definition) is 2. The molecule has 2 unspecified atom stereocenters. The number of aromatic nitrogens is 4. The normalized spacial score (nSPS) is 22.6. The highest BCUT2D eigenvalue weighted by Crippen LogP contribution is 2.39. The van der Waals surface area contributed by atoms with Crippen LogP contribution in [0.3, 0.4) is 0 Å². The number of nitrogens with one attached hydrogen (secondary N) is 1. The number of nitrogens with zero attached hydrogens (tertiary/aromatic N) is 4. The van der Waals surface area contributed by atoms with Crippen LogP contribution in [0.15, 0.2) is 42.9 Å². The molecule has 1 fully saturated rings. The Morgan fingerprint density at radius 3 is 3.06 bits per heavy atom. The first-order valence-electron chi connectivity index (χ1n) is 11.6. The van der Waals surface area contributed by atoms with Crippen molar-refractivity contribution >= 4 is 33.6 Å². The number of hydrogen-bond acceptors (Lipinski definition) is 6. The van der Waals surface area contributed by atoms with Crippen LogP contribution in [0.25, 0.3) is 21.9 Å². The molecular formula is C25H28N6O. The molecule has 7 heteroatoms. The fourth-order valence-corrected chi connectivity index (χ4v) is 5.28. The Balaban J connectivity index is 1.14. The SMILES string of the molecule is C[C@H]1CNc2nc3cc(CCC4CCC(n5ccc6c(N)ncnc65)C4)ccc3cc2O1. The molecule has 0 saturated heterocycles. The molecule has 0 spiro atoms. The Kier molecular flexibility index (Phi) is 4.63. The summed E-state index contributed by atoms with van der Waals surface area (Å²) in [6.07, 6.45) is 9.76. The molecule has 164 valence electrons. The molecule has 0 bridgehead atoms. The van der Waals surface area contributed by atoms with E-state index < -0.39 is 0 Å². The van der Waals surface area contributed by atoms with Crippen LogP contribution in [0.2, 0.25) is 0 Å². The lowest BCUT2D eigenvalue weighted by Gasteiger charge is -2.24. The van der Waals surface area contributed by atoms with E-state index >= 15 is 0 Å². The van der Waals surface area contributed by atoms with E-state index in [-0.39, 0.29) is 6.10 Å². The largest absolute Gasteiger partial charge is 0.485 e. The summed E-state index contributed by atoms with van der Waals surface area (Å²) in [5.74, 6) is 2.99. The van der Waals surface area contributed by atoms with E-state index in [9.17, 15) is 0 Å². The molecule has 3 atom stereocenters. The van der Waals surface area contributed by atoms with E-state index in [1.165, 1.54) is 31.2 Å². The maximum absolute atomic E-state index is 6.01. The first kappa shape index (κ1) is 19.3. The van der Waals surface area contributed by atoms with Crippen molar-refractivity contribution in [2.75, 3.05) is 17.6 Å². The lowest BCUT2D eigenvalue weighted by molar-refractivity contribution is 0.225. The fourth-order valence-electron chi connectivity index (χ4n) is 5.28. The van der Waals surface area contributed by atoms with Crippen molar-refractivity contribution in [1.29, 1.82) is 0 Å². The third-order valence-corrected chi connectivity index (χ3v) is 7.02. The van der Waals surface area contributed by atoms with Gasteiger partial charge in [0.05, 0.1) is 17.4 Å². The van der Waals surface area contributed by atoms with Crippen molar-refractivity contribution < 1.29 is 4.74 Å². The van der Waals surface area contributed by atoms with E-state index in [2.05, 4.69) is 57.2 Å². The molecule has 2 aliphatic rings. The summed E-state index contributed by atoms with van der Waals surface area (Å²) in [6, 6.07) is 11.3. The molecule has 1 saturated carbocycles. The van der Waals surface area contributed by atoms with Gasteiger partial charge >= 0.3 is 0 Å². The third kappa shape index (κ3) is 3.42. The first-order valence-corrected chi connectivity index (χ1v) is 11.6. The molecule has 4 heterocycles. The highest BCUT2D eigenvalue weighted by Gasteiger charge is 2.27. The van der Waals surface area contributed by atoms with E-state index in [0.717, 1.165) is 52.4 Å². The maximum atomic E-state index is 6.01. The minimum atomic E-state index is 0.172. The van der Waals surface area contributed by atoms with Crippen LogP contribution in [-0.4, -0.2) is 32.2 Å². The maximum Gasteiger partial charge on any atom is 0.169 e. The molecule has 32 heavy (non-hydrogen) atoms. The zero-order chi connectivity index (χ0) is 21.7. The second-order valence-corrected chi connectivity index (χ2v) is 9.26. The Morgan fingerprint density at radius 2 is 2.12 bits per heavy atom. The second kappa shape index (κ2) is 7.65. The Hall–Kier alpha value is -3.35. The molecule has 1 aliphatic carbocycles. The quantitative estimate of drug-likeness (QED) is 0.488. The van der Waals surface area contributed by atoms with Crippen LogP contribution in [-0.2, 0) is 6.42 Å². The molecule has 4 aromatic rings. The summed E-state index contributed by atoms with van der Waals surface area (Å²) in [4.78, 5) is 13.4. The van der Waals surface area contributed by atoms with Gasteiger partial charge in [0.2, 0.25) is 0 Å². The second-order valence-electron chi connectivity index (χ2n) is 9.26. The van der Waals surface area contributed by atoms with Crippen molar-refractivity contribution in [1.82, 2.24) is 19.5 Å². The number of anilines is 2. The highest BCUT2D eigenvalue weighted by molar-refractivity contribution is 5.86. The van der Waals surface area contributed by atoms with Gasteiger partial charge in [-0.3, -0.25) is 0 Å².